The van der Waals surface area contributed by atoms with E-state index in [0.717, 1.165) is 6.07 Å². The van der Waals surface area contributed by atoms with Crippen LogP contribution < -0.4 is 0 Å². The van der Waals surface area contributed by atoms with E-state index in [-0.39, 0.29) is 12.1 Å². The van der Waals surface area contributed by atoms with Gasteiger partial charge in [-0.1, -0.05) is 0 Å². The van der Waals surface area contributed by atoms with Crippen molar-refractivity contribution >= 4 is 39.2 Å². The van der Waals surface area contributed by atoms with Gasteiger partial charge in [-0.25, -0.2) is 56.2 Å². The summed E-state index contributed by atoms with van der Waals surface area (Å²) in [6, 6.07) is 9.44. The van der Waals surface area contributed by atoms with Crippen LogP contribution in [0, 0.1) is 129 Å². The fourth-order valence-electron chi connectivity index (χ4n) is 5.96. The molecule has 0 radical (unpaired) electrons. The molecule has 238 valence electrons. The second-order valence-corrected chi connectivity index (χ2v) is 10.1. The van der Waals surface area contributed by atoms with Crippen LogP contribution in [0.1, 0.15) is 50.1 Å². The standard InChI is InChI=1S/C36H2F6N10/c1-49-21(11-47)29-23(13-5-19(37)15(7-43)33(41)31(13)39)16(8-44)24-17(9-45)28-26(18(10-46)25(24)29)30(22(12-48)50-2)27(36(28)52-4)14-6-20(38)35(51-3)34(42)32(14)40/h5-6H/b29-21-,30-22-. The Hall–Kier alpha value is -8.90. The molecule has 16 heteroatoms. The molecule has 0 unspecified atom stereocenters. The molecule has 0 N–H and O–H groups in total. The van der Waals surface area contributed by atoms with Gasteiger partial charge in [0.05, 0.1) is 61.2 Å². The van der Waals surface area contributed by atoms with Crippen LogP contribution in [0.5, 0.6) is 0 Å². The normalized spacial score (nSPS) is 14.1. The van der Waals surface area contributed by atoms with E-state index in [1.165, 1.54) is 12.1 Å². The van der Waals surface area contributed by atoms with Crippen molar-refractivity contribution < 1.29 is 26.3 Å². The van der Waals surface area contributed by atoms with Gasteiger partial charge in [-0.2, -0.15) is 21.0 Å². The molecule has 10 nitrogen and oxygen atoms in total. The van der Waals surface area contributed by atoms with Crippen LogP contribution in [0.4, 0.5) is 32.0 Å². The summed E-state index contributed by atoms with van der Waals surface area (Å²) in [6.07, 6.45) is 0. The lowest BCUT2D eigenvalue weighted by Gasteiger charge is -2.17. The lowest BCUT2D eigenvalue weighted by atomic mass is 9.83. The molecule has 5 rings (SSSR count). The Morgan fingerprint density at radius 2 is 1.00 bits per heavy atom. The Kier molecular flexibility index (Phi) is 8.35. The first-order valence-electron chi connectivity index (χ1n) is 13.4. The largest absolute Gasteiger partial charge is 0.270 e. The number of nitrogens with zero attached hydrogens (tertiary/aromatic N) is 10. The molecule has 0 saturated carbocycles. The van der Waals surface area contributed by atoms with E-state index in [4.69, 9.17) is 31.6 Å². The zero-order valence-corrected chi connectivity index (χ0v) is 24.9. The Labute approximate surface area is 287 Å². The molecule has 0 atom stereocenters. The average molecular weight is 688 g/mol. The van der Waals surface area contributed by atoms with Gasteiger partial charge < -0.3 is 0 Å². The quantitative estimate of drug-likeness (QED) is 0.114. The van der Waals surface area contributed by atoms with Crippen LogP contribution in [-0.2, 0) is 0 Å². The Balaban J connectivity index is 2.16. The van der Waals surface area contributed by atoms with E-state index >= 15 is 8.78 Å². The summed E-state index contributed by atoms with van der Waals surface area (Å²) < 4.78 is 91.2. The number of rotatable bonds is 2. The zero-order valence-electron chi connectivity index (χ0n) is 24.9. The molecule has 0 saturated heterocycles. The summed E-state index contributed by atoms with van der Waals surface area (Å²) in [5, 5.41) is 60.6. The fraction of sp³-hybridized carbons (Fsp3) is 0. The number of benzene rings is 3. The van der Waals surface area contributed by atoms with Crippen molar-refractivity contribution in [1.29, 1.82) is 31.6 Å². The molecular formula is C36H2F6N10. The van der Waals surface area contributed by atoms with E-state index in [1.807, 2.05) is 0 Å². The first-order valence-corrected chi connectivity index (χ1v) is 13.4. The van der Waals surface area contributed by atoms with Crippen LogP contribution in [0.15, 0.2) is 23.5 Å². The van der Waals surface area contributed by atoms with Crippen LogP contribution in [0.3, 0.4) is 0 Å². The third-order valence-electron chi connectivity index (χ3n) is 7.89. The van der Waals surface area contributed by atoms with Crippen LogP contribution >= 0.6 is 0 Å². The lowest BCUT2D eigenvalue weighted by Crippen LogP contribution is -2.05. The number of nitriles is 6. The van der Waals surface area contributed by atoms with Gasteiger partial charge in [0.1, 0.15) is 35.4 Å². The summed E-state index contributed by atoms with van der Waals surface area (Å²) in [4.78, 5) is 11.9. The van der Waals surface area contributed by atoms with Crippen molar-refractivity contribution in [2.24, 2.45) is 0 Å². The van der Waals surface area contributed by atoms with Crippen molar-refractivity contribution in [2.45, 2.75) is 0 Å². The topological polar surface area (TPSA) is 160 Å². The molecule has 0 spiro atoms. The maximum atomic E-state index is 15.7. The van der Waals surface area contributed by atoms with Gasteiger partial charge in [0.25, 0.3) is 17.1 Å². The van der Waals surface area contributed by atoms with Gasteiger partial charge in [-0.15, -0.1) is 0 Å². The molecule has 0 heterocycles. The minimum atomic E-state index is -2.04. The van der Waals surface area contributed by atoms with Crippen LogP contribution in [0.2, 0.25) is 0 Å². The molecule has 0 aliphatic heterocycles. The second kappa shape index (κ2) is 12.6. The first kappa shape index (κ1) is 34.4. The van der Waals surface area contributed by atoms with E-state index in [0.29, 0.717) is 0 Å². The van der Waals surface area contributed by atoms with Gasteiger partial charge in [0, 0.05) is 39.0 Å². The maximum absolute atomic E-state index is 15.7. The molecule has 52 heavy (non-hydrogen) atoms. The third-order valence-corrected chi connectivity index (χ3v) is 7.89. The molecule has 0 bridgehead atoms. The molecule has 0 fully saturated rings. The summed E-state index contributed by atoms with van der Waals surface area (Å²) in [5.74, 6) is -11.3. The monoisotopic (exact) mass is 688 g/mol. The lowest BCUT2D eigenvalue weighted by molar-refractivity contribution is 0.489. The van der Waals surface area contributed by atoms with Crippen molar-refractivity contribution in [2.75, 3.05) is 0 Å². The van der Waals surface area contributed by atoms with Crippen molar-refractivity contribution in [3.8, 4) is 36.4 Å². The summed E-state index contributed by atoms with van der Waals surface area (Å²) in [5.41, 5.74) is -17.0. The Bertz CT molecular complexity index is 2700. The van der Waals surface area contributed by atoms with Crippen LogP contribution in [-0.4, -0.2) is 0 Å². The van der Waals surface area contributed by atoms with Gasteiger partial charge >= 0.3 is 0 Å². The van der Waals surface area contributed by atoms with Crippen molar-refractivity contribution in [3.05, 3.63) is 154 Å². The number of allylic oxidation sites excluding steroid dienone is 7. The highest BCUT2D eigenvalue weighted by Gasteiger charge is 2.44. The highest BCUT2D eigenvalue weighted by atomic mass is 19.2. The number of hydrogen-bond acceptors (Lipinski definition) is 6. The minimum Gasteiger partial charge on any atom is -0.237 e. The Morgan fingerprint density at radius 1 is 0.519 bits per heavy atom. The van der Waals surface area contributed by atoms with Crippen molar-refractivity contribution in [3.63, 3.8) is 0 Å². The average Bonchev–Trinajstić information content (AvgIpc) is 3.65. The fourth-order valence-corrected chi connectivity index (χ4v) is 5.96. The highest BCUT2D eigenvalue weighted by molar-refractivity contribution is 6.31. The molecule has 3 aromatic rings. The van der Waals surface area contributed by atoms with E-state index in [9.17, 15) is 43.9 Å². The van der Waals surface area contributed by atoms with E-state index in [2.05, 4.69) is 19.4 Å². The first-order chi connectivity index (χ1) is 24.9. The summed E-state index contributed by atoms with van der Waals surface area (Å²) in [6.45, 7) is 30.2. The van der Waals surface area contributed by atoms with Gasteiger partial charge in [0.2, 0.25) is 5.70 Å². The minimum absolute atomic E-state index is 0.263. The SMILES string of the molecule is [C-]#[N+]C1=C(c2cc(F)c([N+]#[C-])c(F)c2F)/C(=C(/C#N)[N+]#[C-])c2c(C#N)c3c(c(C#N)c21)C(C#N)=C(c1cc(F)c(C#N)c(F)c1F)/C3=C(\C#N)[N+]#[C-]. The molecule has 2 aliphatic carbocycles. The molecule has 2 aliphatic rings. The third kappa shape index (κ3) is 4.36. The van der Waals surface area contributed by atoms with Crippen LogP contribution in [0.25, 0.3) is 52.9 Å². The summed E-state index contributed by atoms with van der Waals surface area (Å²) in [7, 11) is 0. The van der Waals surface area contributed by atoms with E-state index < -0.39 is 136 Å². The molecule has 0 aromatic heterocycles. The van der Waals surface area contributed by atoms with Gasteiger partial charge in [-0.05, 0) is 28.8 Å². The maximum Gasteiger partial charge on any atom is 0.270 e. The van der Waals surface area contributed by atoms with Gasteiger partial charge in [0.15, 0.2) is 23.3 Å². The smallest absolute Gasteiger partial charge is 0.237 e. The Morgan fingerprint density at radius 3 is 1.48 bits per heavy atom. The predicted molar refractivity (Wildman–Crippen MR) is 164 cm³/mol. The predicted octanol–water partition coefficient (Wildman–Crippen LogP) is 8.24. The molecule has 0 amide bonds. The number of halogens is 6. The molecule has 3 aromatic carbocycles. The van der Waals surface area contributed by atoms with Gasteiger partial charge in [-0.3, -0.25) is 0 Å². The number of hydrogen-bond donors (Lipinski definition) is 0. The second-order valence-electron chi connectivity index (χ2n) is 10.1. The summed E-state index contributed by atoms with van der Waals surface area (Å²) >= 11 is 0. The highest BCUT2D eigenvalue weighted by Crippen LogP contribution is 2.59. The zero-order chi connectivity index (χ0) is 38.3. The van der Waals surface area contributed by atoms with Crippen molar-refractivity contribution in [1.82, 2.24) is 0 Å². The number of fused-ring (bicyclic) bond motifs is 2. The van der Waals surface area contributed by atoms with E-state index in [1.54, 1.807) is 18.2 Å². The molecular weight excluding hydrogens is 686 g/mol.